The number of aromatic hydroxyl groups is 1. The van der Waals surface area contributed by atoms with E-state index < -0.39 is 0 Å². The van der Waals surface area contributed by atoms with Crippen molar-refractivity contribution >= 4 is 5.52 Å². The first-order valence-electron chi connectivity index (χ1n) is 7.25. The molecule has 6 nitrogen and oxygen atoms in total. The minimum atomic E-state index is 0.237. The van der Waals surface area contributed by atoms with Crippen molar-refractivity contribution in [2.45, 2.75) is 0 Å². The van der Waals surface area contributed by atoms with Crippen LogP contribution in [0.15, 0.2) is 43.0 Å². The minimum Gasteiger partial charge on any atom is -0.508 e. The fraction of sp³-hybridized carbons (Fsp3) is 0.250. The van der Waals surface area contributed by atoms with Gasteiger partial charge in [0.05, 0.1) is 24.8 Å². The number of fused-ring (bicyclic) bond motifs is 1. The zero-order valence-electron chi connectivity index (χ0n) is 11.9. The molecule has 0 amide bonds. The Morgan fingerprint density at radius 1 is 1.27 bits per heavy atom. The zero-order valence-corrected chi connectivity index (χ0v) is 11.9. The summed E-state index contributed by atoms with van der Waals surface area (Å²) in [5.41, 5.74) is 2.56. The highest BCUT2D eigenvalue weighted by Gasteiger charge is 2.18. The van der Waals surface area contributed by atoms with Gasteiger partial charge in [0.25, 0.3) is 0 Å². The van der Waals surface area contributed by atoms with E-state index in [1.807, 2.05) is 22.7 Å². The molecular weight excluding hydrogens is 280 g/mol. The van der Waals surface area contributed by atoms with E-state index in [0.717, 1.165) is 29.9 Å². The molecule has 0 atom stereocenters. The van der Waals surface area contributed by atoms with Gasteiger partial charge >= 0.3 is 0 Å². The Labute approximate surface area is 127 Å². The lowest BCUT2D eigenvalue weighted by Gasteiger charge is -2.26. The molecule has 6 heteroatoms. The van der Waals surface area contributed by atoms with Crippen LogP contribution in [0.3, 0.4) is 0 Å². The van der Waals surface area contributed by atoms with Gasteiger partial charge in [-0.2, -0.15) is 0 Å². The molecule has 112 valence electrons. The Morgan fingerprint density at radius 2 is 2.09 bits per heavy atom. The lowest BCUT2D eigenvalue weighted by atomic mass is 10.1. The van der Waals surface area contributed by atoms with Gasteiger partial charge < -0.3 is 15.2 Å². The van der Waals surface area contributed by atoms with E-state index in [4.69, 9.17) is 4.74 Å². The Balaban J connectivity index is 1.70. The molecule has 2 aromatic heterocycles. The standard InChI is InChI=1S/C16H16N4O2/c21-13-3-1-12(2-4-13)14-8-20-10-18-7-15(20)16(19-14)22-9-11-5-17-6-11/h1-4,7-8,10-11,17,21H,5-6,9H2. The molecule has 0 aliphatic carbocycles. The number of rotatable bonds is 4. The van der Waals surface area contributed by atoms with E-state index in [1.54, 1.807) is 24.7 Å². The van der Waals surface area contributed by atoms with Crippen molar-refractivity contribution in [2.75, 3.05) is 19.7 Å². The van der Waals surface area contributed by atoms with Crippen LogP contribution in [0.4, 0.5) is 0 Å². The maximum Gasteiger partial charge on any atom is 0.240 e. The first kappa shape index (κ1) is 13.1. The zero-order chi connectivity index (χ0) is 14.9. The molecule has 1 aromatic carbocycles. The van der Waals surface area contributed by atoms with Crippen molar-refractivity contribution in [2.24, 2.45) is 5.92 Å². The quantitative estimate of drug-likeness (QED) is 0.767. The van der Waals surface area contributed by atoms with Gasteiger partial charge in [0.2, 0.25) is 5.88 Å². The number of ether oxygens (including phenoxy) is 1. The van der Waals surface area contributed by atoms with E-state index in [-0.39, 0.29) is 5.75 Å². The molecule has 3 heterocycles. The second kappa shape index (κ2) is 5.31. The number of phenols is 1. The number of nitrogens with zero attached hydrogens (tertiary/aromatic N) is 3. The van der Waals surface area contributed by atoms with Crippen LogP contribution in [0, 0.1) is 5.92 Å². The van der Waals surface area contributed by atoms with Crippen LogP contribution in [-0.4, -0.2) is 39.2 Å². The third-order valence-corrected chi connectivity index (χ3v) is 3.85. The normalized spacial score (nSPS) is 14.9. The highest BCUT2D eigenvalue weighted by atomic mass is 16.5. The number of phenolic OH excluding ortho intramolecular Hbond substituents is 1. The van der Waals surface area contributed by atoms with Crippen molar-refractivity contribution < 1.29 is 9.84 Å². The van der Waals surface area contributed by atoms with Crippen LogP contribution >= 0.6 is 0 Å². The van der Waals surface area contributed by atoms with Crippen molar-refractivity contribution in [1.29, 1.82) is 0 Å². The molecule has 2 N–H and O–H groups in total. The van der Waals surface area contributed by atoms with Crippen molar-refractivity contribution in [1.82, 2.24) is 19.7 Å². The Bertz CT molecular complexity index is 794. The van der Waals surface area contributed by atoms with Crippen LogP contribution in [0.25, 0.3) is 16.8 Å². The van der Waals surface area contributed by atoms with Gasteiger partial charge in [-0.25, -0.2) is 9.97 Å². The van der Waals surface area contributed by atoms with E-state index in [2.05, 4.69) is 15.3 Å². The summed E-state index contributed by atoms with van der Waals surface area (Å²) in [7, 11) is 0. The topological polar surface area (TPSA) is 71.7 Å². The van der Waals surface area contributed by atoms with Gasteiger partial charge in [0.1, 0.15) is 11.3 Å². The Morgan fingerprint density at radius 3 is 2.82 bits per heavy atom. The molecule has 22 heavy (non-hydrogen) atoms. The summed E-state index contributed by atoms with van der Waals surface area (Å²) >= 11 is 0. The molecule has 1 saturated heterocycles. The molecule has 0 spiro atoms. The van der Waals surface area contributed by atoms with Crippen LogP contribution in [-0.2, 0) is 0 Å². The van der Waals surface area contributed by atoms with Crippen molar-refractivity contribution in [3.63, 3.8) is 0 Å². The second-order valence-electron chi connectivity index (χ2n) is 5.50. The van der Waals surface area contributed by atoms with Crippen LogP contribution < -0.4 is 10.1 Å². The minimum absolute atomic E-state index is 0.237. The maximum atomic E-state index is 9.41. The van der Waals surface area contributed by atoms with Crippen LogP contribution in [0.5, 0.6) is 11.6 Å². The molecule has 4 rings (SSSR count). The summed E-state index contributed by atoms with van der Waals surface area (Å²) in [6, 6.07) is 6.96. The highest BCUT2D eigenvalue weighted by Crippen LogP contribution is 2.25. The number of hydrogen-bond donors (Lipinski definition) is 2. The first-order chi connectivity index (χ1) is 10.8. The van der Waals surface area contributed by atoms with Crippen LogP contribution in [0.2, 0.25) is 0 Å². The van der Waals surface area contributed by atoms with Gasteiger partial charge in [-0.3, -0.25) is 4.40 Å². The molecule has 0 saturated carbocycles. The van der Waals surface area contributed by atoms with Crippen molar-refractivity contribution in [3.05, 3.63) is 43.0 Å². The molecule has 0 unspecified atom stereocenters. The molecular formula is C16H16N4O2. The summed E-state index contributed by atoms with van der Waals surface area (Å²) in [4.78, 5) is 8.78. The smallest absolute Gasteiger partial charge is 0.240 e. The highest BCUT2D eigenvalue weighted by molar-refractivity contribution is 5.65. The summed E-state index contributed by atoms with van der Waals surface area (Å²) in [5.74, 6) is 1.37. The third-order valence-electron chi connectivity index (χ3n) is 3.85. The molecule has 1 fully saturated rings. The fourth-order valence-electron chi connectivity index (χ4n) is 2.44. The number of imidazole rings is 1. The molecule has 1 aliphatic heterocycles. The fourth-order valence-corrected chi connectivity index (χ4v) is 2.44. The largest absolute Gasteiger partial charge is 0.508 e. The maximum absolute atomic E-state index is 9.41. The molecule has 3 aromatic rings. The predicted molar refractivity (Wildman–Crippen MR) is 81.9 cm³/mol. The number of aromatic nitrogens is 3. The SMILES string of the molecule is Oc1ccc(-c2cn3cncc3c(OCC3CNC3)n2)cc1. The third kappa shape index (κ3) is 2.37. The number of hydrogen-bond acceptors (Lipinski definition) is 5. The van der Waals surface area contributed by atoms with E-state index >= 15 is 0 Å². The number of nitrogens with one attached hydrogen (secondary N) is 1. The van der Waals surface area contributed by atoms with E-state index in [9.17, 15) is 5.11 Å². The summed E-state index contributed by atoms with van der Waals surface area (Å²) in [6.45, 7) is 2.64. The van der Waals surface area contributed by atoms with Crippen LogP contribution in [0.1, 0.15) is 0 Å². The predicted octanol–water partition coefficient (Wildman–Crippen LogP) is 1.70. The monoisotopic (exact) mass is 296 g/mol. The van der Waals surface area contributed by atoms with Gasteiger partial charge in [0, 0.05) is 30.8 Å². The average Bonchev–Trinajstić information content (AvgIpc) is 2.94. The Hall–Kier alpha value is -2.60. The molecule has 0 bridgehead atoms. The van der Waals surface area contributed by atoms with Gasteiger partial charge in [-0.15, -0.1) is 0 Å². The average molecular weight is 296 g/mol. The van der Waals surface area contributed by atoms with E-state index in [1.165, 1.54) is 0 Å². The van der Waals surface area contributed by atoms with Crippen molar-refractivity contribution in [3.8, 4) is 22.9 Å². The van der Waals surface area contributed by atoms with Gasteiger partial charge in [0.15, 0.2) is 0 Å². The lowest BCUT2D eigenvalue weighted by molar-refractivity contribution is 0.195. The van der Waals surface area contributed by atoms with E-state index in [0.29, 0.717) is 18.4 Å². The number of benzene rings is 1. The first-order valence-corrected chi connectivity index (χ1v) is 7.25. The van der Waals surface area contributed by atoms with Gasteiger partial charge in [-0.05, 0) is 24.3 Å². The Kier molecular flexibility index (Phi) is 3.16. The summed E-state index contributed by atoms with van der Waals surface area (Å²) in [5, 5.41) is 12.6. The summed E-state index contributed by atoms with van der Waals surface area (Å²) < 4.78 is 7.81. The summed E-state index contributed by atoms with van der Waals surface area (Å²) in [6.07, 6.45) is 5.40. The lowest BCUT2D eigenvalue weighted by Crippen LogP contribution is -2.45. The molecule has 0 radical (unpaired) electrons. The van der Waals surface area contributed by atoms with Gasteiger partial charge in [-0.1, -0.05) is 0 Å². The molecule has 1 aliphatic rings. The second-order valence-corrected chi connectivity index (χ2v) is 5.50.